The van der Waals surface area contributed by atoms with Crippen LogP contribution >= 0.6 is 0 Å². The fraction of sp³-hybridized carbons (Fsp3) is 0.500. The molecule has 1 aromatic rings. The van der Waals surface area contributed by atoms with Crippen LogP contribution in [0.1, 0.15) is 25.0 Å². The summed E-state index contributed by atoms with van der Waals surface area (Å²) in [4.78, 5) is 0. The molecule has 18 heavy (non-hydrogen) atoms. The van der Waals surface area contributed by atoms with E-state index in [9.17, 15) is 0 Å². The van der Waals surface area contributed by atoms with Gasteiger partial charge in [-0.1, -0.05) is 49.8 Å². The summed E-state index contributed by atoms with van der Waals surface area (Å²) in [5.41, 5.74) is 4.20. The average molecular weight is 245 g/mol. The van der Waals surface area contributed by atoms with E-state index in [0.29, 0.717) is 5.92 Å². The number of rotatable bonds is 5. The van der Waals surface area contributed by atoms with E-state index in [2.05, 4.69) is 49.5 Å². The highest BCUT2D eigenvalue weighted by molar-refractivity contribution is 5.70. The maximum Gasteiger partial charge on any atom is 0.0609 e. The lowest BCUT2D eigenvalue weighted by molar-refractivity contribution is 0.143. The molecule has 1 aliphatic rings. The highest BCUT2D eigenvalue weighted by Crippen LogP contribution is 2.44. The Kier molecular flexibility index (Phi) is 3.88. The Labute approximate surface area is 110 Å². The van der Waals surface area contributed by atoms with Crippen molar-refractivity contribution in [3.63, 3.8) is 0 Å². The van der Waals surface area contributed by atoms with Crippen LogP contribution in [0.2, 0.25) is 0 Å². The molecule has 0 aliphatic heterocycles. The van der Waals surface area contributed by atoms with Gasteiger partial charge in [-0.25, -0.2) is 0 Å². The lowest BCUT2D eigenvalue weighted by Gasteiger charge is -2.35. The van der Waals surface area contributed by atoms with Crippen molar-refractivity contribution in [2.24, 2.45) is 5.92 Å². The third kappa shape index (κ3) is 2.00. The molecule has 0 amide bonds. The lowest BCUT2D eigenvalue weighted by Crippen LogP contribution is -2.42. The van der Waals surface area contributed by atoms with Crippen LogP contribution in [0.5, 0.6) is 0 Å². The SMILES string of the molecule is CNCC1(COC)C(C(C)C)=Cc2ccccc21. The van der Waals surface area contributed by atoms with Gasteiger partial charge < -0.3 is 10.1 Å². The maximum atomic E-state index is 5.54. The van der Waals surface area contributed by atoms with Gasteiger partial charge in [0.25, 0.3) is 0 Å². The summed E-state index contributed by atoms with van der Waals surface area (Å²) in [7, 11) is 3.80. The fourth-order valence-corrected chi connectivity index (χ4v) is 3.20. The summed E-state index contributed by atoms with van der Waals surface area (Å²) >= 11 is 0. The van der Waals surface area contributed by atoms with Crippen LogP contribution in [0, 0.1) is 5.92 Å². The van der Waals surface area contributed by atoms with Crippen molar-refractivity contribution in [1.29, 1.82) is 0 Å². The Balaban J connectivity index is 2.55. The molecule has 0 saturated carbocycles. The molecule has 1 aromatic carbocycles. The molecular formula is C16H23NO. The summed E-state index contributed by atoms with van der Waals surface area (Å²) < 4.78 is 5.54. The second-order valence-electron chi connectivity index (χ2n) is 5.39. The standard InChI is InChI=1S/C16H23NO/c1-12(2)15-9-13-7-5-6-8-14(13)16(15,10-17-3)11-18-4/h5-9,12,17H,10-11H2,1-4H3. The van der Waals surface area contributed by atoms with E-state index in [0.717, 1.165) is 13.2 Å². The van der Waals surface area contributed by atoms with Crippen LogP contribution in [-0.4, -0.2) is 27.3 Å². The van der Waals surface area contributed by atoms with Gasteiger partial charge in [0.05, 0.1) is 12.0 Å². The van der Waals surface area contributed by atoms with Crippen molar-refractivity contribution in [2.45, 2.75) is 19.3 Å². The van der Waals surface area contributed by atoms with E-state index in [1.54, 1.807) is 7.11 Å². The molecular weight excluding hydrogens is 222 g/mol. The first-order valence-corrected chi connectivity index (χ1v) is 6.61. The van der Waals surface area contributed by atoms with Gasteiger partial charge in [-0.15, -0.1) is 0 Å². The molecule has 1 N–H and O–H groups in total. The average Bonchev–Trinajstić information content (AvgIpc) is 2.66. The third-order valence-corrected chi connectivity index (χ3v) is 3.83. The third-order valence-electron chi connectivity index (χ3n) is 3.83. The number of nitrogens with one attached hydrogen (secondary N) is 1. The van der Waals surface area contributed by atoms with Gasteiger partial charge in [-0.3, -0.25) is 0 Å². The van der Waals surface area contributed by atoms with Crippen molar-refractivity contribution in [1.82, 2.24) is 5.32 Å². The zero-order valence-electron chi connectivity index (χ0n) is 11.8. The van der Waals surface area contributed by atoms with Crippen molar-refractivity contribution >= 4 is 6.08 Å². The van der Waals surface area contributed by atoms with E-state index in [1.165, 1.54) is 16.7 Å². The highest BCUT2D eigenvalue weighted by atomic mass is 16.5. The van der Waals surface area contributed by atoms with Gasteiger partial charge in [-0.2, -0.15) is 0 Å². The maximum absolute atomic E-state index is 5.54. The first-order valence-electron chi connectivity index (χ1n) is 6.61. The van der Waals surface area contributed by atoms with Gasteiger partial charge in [0.2, 0.25) is 0 Å². The highest BCUT2D eigenvalue weighted by Gasteiger charge is 2.41. The monoisotopic (exact) mass is 245 g/mol. The Morgan fingerprint density at radius 2 is 2.00 bits per heavy atom. The molecule has 0 heterocycles. The van der Waals surface area contributed by atoms with Crippen molar-refractivity contribution in [2.75, 3.05) is 27.3 Å². The van der Waals surface area contributed by atoms with Crippen molar-refractivity contribution in [3.05, 3.63) is 41.0 Å². The minimum absolute atomic E-state index is 0.00569. The first kappa shape index (κ1) is 13.3. The molecule has 1 unspecified atom stereocenters. The molecule has 0 aromatic heterocycles. The number of methoxy groups -OCH3 is 1. The van der Waals surface area contributed by atoms with E-state index in [-0.39, 0.29) is 5.41 Å². The number of hydrogen-bond donors (Lipinski definition) is 1. The topological polar surface area (TPSA) is 21.3 Å². The minimum Gasteiger partial charge on any atom is -0.383 e. The predicted molar refractivity (Wildman–Crippen MR) is 76.7 cm³/mol. The zero-order valence-corrected chi connectivity index (χ0v) is 11.8. The molecule has 0 radical (unpaired) electrons. The Hall–Kier alpha value is -1.12. The van der Waals surface area contributed by atoms with E-state index in [4.69, 9.17) is 4.74 Å². The van der Waals surface area contributed by atoms with Crippen LogP contribution in [0.4, 0.5) is 0 Å². The van der Waals surface area contributed by atoms with Crippen LogP contribution < -0.4 is 5.32 Å². The normalized spacial score (nSPS) is 22.2. The summed E-state index contributed by atoms with van der Waals surface area (Å²) in [5, 5.41) is 3.34. The molecule has 2 rings (SSSR count). The molecule has 2 nitrogen and oxygen atoms in total. The predicted octanol–water partition coefficient (Wildman–Crippen LogP) is 2.84. The molecule has 0 bridgehead atoms. The molecule has 0 spiro atoms. The lowest BCUT2D eigenvalue weighted by atomic mass is 9.74. The molecule has 0 fully saturated rings. The second kappa shape index (κ2) is 5.25. The molecule has 1 aliphatic carbocycles. The fourth-order valence-electron chi connectivity index (χ4n) is 3.20. The van der Waals surface area contributed by atoms with Crippen LogP contribution in [0.15, 0.2) is 29.8 Å². The number of ether oxygens (including phenoxy) is 1. The van der Waals surface area contributed by atoms with Gasteiger partial charge >= 0.3 is 0 Å². The number of hydrogen-bond acceptors (Lipinski definition) is 2. The van der Waals surface area contributed by atoms with Crippen molar-refractivity contribution < 1.29 is 4.74 Å². The largest absolute Gasteiger partial charge is 0.383 e. The summed E-state index contributed by atoms with van der Waals surface area (Å²) in [5.74, 6) is 0.529. The first-order chi connectivity index (χ1) is 8.65. The Bertz CT molecular complexity index is 442. The zero-order chi connectivity index (χ0) is 13.2. The van der Waals surface area contributed by atoms with Crippen LogP contribution in [-0.2, 0) is 10.2 Å². The van der Waals surface area contributed by atoms with E-state index < -0.39 is 0 Å². The minimum atomic E-state index is -0.00569. The van der Waals surface area contributed by atoms with E-state index in [1.807, 2.05) is 7.05 Å². The van der Waals surface area contributed by atoms with E-state index >= 15 is 0 Å². The molecule has 1 atom stereocenters. The Morgan fingerprint density at radius 3 is 2.61 bits per heavy atom. The van der Waals surface area contributed by atoms with Gasteiger partial charge in [0.1, 0.15) is 0 Å². The number of fused-ring (bicyclic) bond motifs is 1. The molecule has 2 heteroatoms. The Morgan fingerprint density at radius 1 is 1.28 bits per heavy atom. The van der Waals surface area contributed by atoms with Gasteiger partial charge in [0, 0.05) is 13.7 Å². The summed E-state index contributed by atoms with van der Waals surface area (Å²) in [6, 6.07) is 8.66. The summed E-state index contributed by atoms with van der Waals surface area (Å²) in [6.07, 6.45) is 2.34. The second-order valence-corrected chi connectivity index (χ2v) is 5.39. The van der Waals surface area contributed by atoms with Crippen molar-refractivity contribution in [3.8, 4) is 0 Å². The number of likely N-dealkylation sites (N-methyl/N-ethyl adjacent to an activating group) is 1. The summed E-state index contributed by atoms with van der Waals surface area (Å²) in [6.45, 7) is 6.17. The number of benzene rings is 1. The van der Waals surface area contributed by atoms with Crippen LogP contribution in [0.3, 0.4) is 0 Å². The smallest absolute Gasteiger partial charge is 0.0609 e. The molecule has 98 valence electrons. The quantitative estimate of drug-likeness (QED) is 0.861. The molecule has 0 saturated heterocycles. The van der Waals surface area contributed by atoms with Gasteiger partial charge in [0.15, 0.2) is 0 Å². The van der Waals surface area contributed by atoms with Gasteiger partial charge in [-0.05, 0) is 24.1 Å². The van der Waals surface area contributed by atoms with Crippen LogP contribution in [0.25, 0.3) is 6.08 Å².